The fourth-order valence-corrected chi connectivity index (χ4v) is 4.70. The molecule has 3 rings (SSSR count). The molecule has 2 aromatic heterocycles. The number of nitrogens with one attached hydrogen (secondary N) is 2. The molecule has 30 heavy (non-hydrogen) atoms. The largest absolute Gasteiger partial charge is 0.393 e. The van der Waals surface area contributed by atoms with Crippen LogP contribution in [-0.2, 0) is 6.42 Å². The number of hydrogen-bond acceptors (Lipinski definition) is 6. The molecule has 1 aliphatic rings. The Morgan fingerprint density at radius 1 is 1.13 bits per heavy atom. The first kappa shape index (κ1) is 24.8. The van der Waals surface area contributed by atoms with Crippen LogP contribution in [0.15, 0.2) is 12.4 Å². The monoisotopic (exact) mass is 445 g/mol. The summed E-state index contributed by atoms with van der Waals surface area (Å²) in [6.07, 6.45) is 1.84. The normalized spacial score (nSPS) is 17.5. The highest BCUT2D eigenvalue weighted by molar-refractivity contribution is 7.18. The fraction of sp³-hybridized carbons (Fsp3) is 0.714. The molecule has 0 radical (unpaired) electrons. The second kappa shape index (κ2) is 12.4. The molecular weight excluding hydrogens is 411 g/mol. The number of halogens is 3. The number of aromatic nitrogens is 2. The van der Waals surface area contributed by atoms with E-state index in [-0.39, 0.29) is 0 Å². The molecule has 1 unspecified atom stereocenters. The van der Waals surface area contributed by atoms with Gasteiger partial charge in [-0.2, -0.15) is 13.2 Å². The first-order valence-corrected chi connectivity index (χ1v) is 11.7. The first-order chi connectivity index (χ1) is 14.5. The third kappa shape index (κ3) is 7.67. The molecule has 3 heterocycles. The summed E-state index contributed by atoms with van der Waals surface area (Å²) in [4.78, 5) is 11.7. The third-order valence-electron chi connectivity index (χ3n) is 5.05. The Hall–Kier alpha value is -1.45. The zero-order valence-electron chi connectivity index (χ0n) is 18.2. The standard InChI is InChI=1S/C19H28F3N5S.C2H6/c1-23-7-2-3-8-24-14-5-4-9-27(10-6-14)17-16-11-15(12-19(20,21)22)28-18(16)26-13-25-17;1-2/h11,13-14,23-24H,2-10,12H2,1H3;1-2H3. The van der Waals surface area contributed by atoms with Crippen LogP contribution in [0.5, 0.6) is 0 Å². The van der Waals surface area contributed by atoms with E-state index < -0.39 is 12.6 Å². The van der Waals surface area contributed by atoms with Crippen molar-refractivity contribution < 1.29 is 13.2 Å². The lowest BCUT2D eigenvalue weighted by Crippen LogP contribution is -2.32. The van der Waals surface area contributed by atoms with Crippen molar-refractivity contribution in [3.63, 3.8) is 0 Å². The number of rotatable bonds is 8. The number of hydrogen-bond donors (Lipinski definition) is 2. The molecule has 1 aliphatic heterocycles. The molecule has 0 bridgehead atoms. The summed E-state index contributed by atoms with van der Waals surface area (Å²) < 4.78 is 38.2. The Kier molecular flexibility index (Phi) is 10.3. The van der Waals surface area contributed by atoms with Crippen LogP contribution >= 0.6 is 11.3 Å². The Morgan fingerprint density at radius 3 is 2.63 bits per heavy atom. The summed E-state index contributed by atoms with van der Waals surface area (Å²) >= 11 is 1.11. The predicted molar refractivity (Wildman–Crippen MR) is 120 cm³/mol. The highest BCUT2D eigenvalue weighted by Crippen LogP contribution is 2.34. The molecule has 170 valence electrons. The van der Waals surface area contributed by atoms with Crippen molar-refractivity contribution in [2.45, 2.75) is 64.6 Å². The Morgan fingerprint density at radius 2 is 1.90 bits per heavy atom. The average Bonchev–Trinajstić information content (AvgIpc) is 2.96. The van der Waals surface area contributed by atoms with Gasteiger partial charge >= 0.3 is 6.18 Å². The summed E-state index contributed by atoms with van der Waals surface area (Å²) in [6.45, 7) is 7.79. The molecular formula is C21H34F3N5S. The lowest BCUT2D eigenvalue weighted by atomic mass is 10.1. The van der Waals surface area contributed by atoms with E-state index in [9.17, 15) is 13.2 Å². The van der Waals surface area contributed by atoms with Gasteiger partial charge in [-0.25, -0.2) is 9.97 Å². The zero-order valence-corrected chi connectivity index (χ0v) is 19.0. The van der Waals surface area contributed by atoms with Gasteiger partial charge in [0.05, 0.1) is 11.8 Å². The van der Waals surface area contributed by atoms with Crippen LogP contribution in [0.2, 0.25) is 0 Å². The molecule has 2 aromatic rings. The lowest BCUT2D eigenvalue weighted by molar-refractivity contribution is -0.126. The van der Waals surface area contributed by atoms with Gasteiger partial charge in [-0.3, -0.25) is 0 Å². The van der Waals surface area contributed by atoms with Gasteiger partial charge < -0.3 is 15.5 Å². The van der Waals surface area contributed by atoms with Crippen molar-refractivity contribution >= 4 is 27.4 Å². The van der Waals surface area contributed by atoms with Gasteiger partial charge in [0.1, 0.15) is 17.0 Å². The predicted octanol–water partition coefficient (Wildman–Crippen LogP) is 4.77. The minimum absolute atomic E-state index is 0.292. The zero-order chi connectivity index (χ0) is 22.0. The maximum absolute atomic E-state index is 12.7. The minimum Gasteiger partial charge on any atom is -0.356 e. The maximum atomic E-state index is 12.7. The summed E-state index contributed by atoms with van der Waals surface area (Å²) in [5.74, 6) is 0.768. The van der Waals surface area contributed by atoms with Gasteiger partial charge in [0, 0.05) is 24.0 Å². The van der Waals surface area contributed by atoms with Crippen molar-refractivity contribution in [1.29, 1.82) is 0 Å². The van der Waals surface area contributed by atoms with Crippen molar-refractivity contribution in [1.82, 2.24) is 20.6 Å². The summed E-state index contributed by atoms with van der Waals surface area (Å²) in [5, 5.41) is 7.55. The maximum Gasteiger partial charge on any atom is 0.393 e. The number of fused-ring (bicyclic) bond motifs is 1. The number of thiophene rings is 1. The number of unbranched alkanes of at least 4 members (excludes halogenated alkanes) is 1. The van der Waals surface area contributed by atoms with Gasteiger partial charge in [-0.15, -0.1) is 11.3 Å². The first-order valence-electron chi connectivity index (χ1n) is 10.9. The number of nitrogens with zero attached hydrogens (tertiary/aromatic N) is 3. The van der Waals surface area contributed by atoms with E-state index in [0.29, 0.717) is 15.7 Å². The van der Waals surface area contributed by atoms with Crippen LogP contribution in [0.1, 0.15) is 50.8 Å². The molecule has 5 nitrogen and oxygen atoms in total. The molecule has 2 N–H and O–H groups in total. The molecule has 0 spiro atoms. The van der Waals surface area contributed by atoms with Crippen LogP contribution in [0.4, 0.5) is 19.0 Å². The quantitative estimate of drug-likeness (QED) is 0.573. The van der Waals surface area contributed by atoms with Crippen LogP contribution in [0.25, 0.3) is 10.2 Å². The van der Waals surface area contributed by atoms with Crippen LogP contribution in [0, 0.1) is 0 Å². The average molecular weight is 446 g/mol. The van der Waals surface area contributed by atoms with Gasteiger partial charge in [0.2, 0.25) is 0 Å². The SMILES string of the molecule is CC.CNCCCCNC1CCCN(c2ncnc3sc(CC(F)(F)F)cc23)CC1. The van der Waals surface area contributed by atoms with Gasteiger partial charge in [0.25, 0.3) is 0 Å². The van der Waals surface area contributed by atoms with E-state index >= 15 is 0 Å². The second-order valence-corrected chi connectivity index (χ2v) is 8.42. The van der Waals surface area contributed by atoms with E-state index in [0.717, 1.165) is 74.4 Å². The van der Waals surface area contributed by atoms with Crippen molar-refractivity contribution in [3.05, 3.63) is 17.3 Å². The van der Waals surface area contributed by atoms with E-state index in [4.69, 9.17) is 0 Å². The molecule has 0 saturated carbocycles. The lowest BCUT2D eigenvalue weighted by Gasteiger charge is -2.22. The minimum atomic E-state index is -4.21. The fourth-order valence-electron chi connectivity index (χ4n) is 3.67. The molecule has 0 aliphatic carbocycles. The van der Waals surface area contributed by atoms with Gasteiger partial charge in [-0.1, -0.05) is 13.8 Å². The van der Waals surface area contributed by atoms with Crippen LogP contribution in [0.3, 0.4) is 0 Å². The van der Waals surface area contributed by atoms with Crippen molar-refractivity contribution in [3.8, 4) is 0 Å². The number of anilines is 1. The molecule has 1 fully saturated rings. The highest BCUT2D eigenvalue weighted by Gasteiger charge is 2.29. The Labute approximate surface area is 181 Å². The second-order valence-electron chi connectivity index (χ2n) is 7.30. The summed E-state index contributed by atoms with van der Waals surface area (Å²) in [5.41, 5.74) is 0. The summed E-state index contributed by atoms with van der Waals surface area (Å²) in [7, 11) is 1.97. The van der Waals surface area contributed by atoms with Crippen molar-refractivity contribution in [2.75, 3.05) is 38.1 Å². The smallest absolute Gasteiger partial charge is 0.356 e. The molecule has 1 atom stereocenters. The van der Waals surface area contributed by atoms with Crippen LogP contribution < -0.4 is 15.5 Å². The van der Waals surface area contributed by atoms with E-state index in [1.807, 2.05) is 20.9 Å². The molecule has 1 saturated heterocycles. The highest BCUT2D eigenvalue weighted by atomic mass is 32.1. The van der Waals surface area contributed by atoms with E-state index in [2.05, 4.69) is 25.5 Å². The van der Waals surface area contributed by atoms with E-state index in [1.165, 1.54) is 12.7 Å². The van der Waals surface area contributed by atoms with Gasteiger partial charge in [0.15, 0.2) is 0 Å². The van der Waals surface area contributed by atoms with Gasteiger partial charge in [-0.05, 0) is 58.3 Å². The third-order valence-corrected chi connectivity index (χ3v) is 6.09. The Bertz CT molecular complexity index is 750. The topological polar surface area (TPSA) is 53.1 Å². The molecule has 0 aromatic carbocycles. The number of alkyl halides is 3. The molecule has 9 heteroatoms. The molecule has 0 amide bonds. The van der Waals surface area contributed by atoms with Crippen molar-refractivity contribution in [2.24, 2.45) is 0 Å². The Balaban J connectivity index is 0.00000155. The summed E-state index contributed by atoms with van der Waals surface area (Å²) in [6, 6.07) is 2.10. The van der Waals surface area contributed by atoms with Crippen LogP contribution in [-0.4, -0.2) is 55.4 Å². The van der Waals surface area contributed by atoms with E-state index in [1.54, 1.807) is 6.07 Å².